The molecular formula is C12H18. The van der Waals surface area contributed by atoms with Crippen LogP contribution in [0.3, 0.4) is 0 Å². The topological polar surface area (TPSA) is 0 Å². The van der Waals surface area contributed by atoms with Gasteiger partial charge < -0.3 is 0 Å². The van der Waals surface area contributed by atoms with Gasteiger partial charge in [-0.15, -0.1) is 0 Å². The highest BCUT2D eigenvalue weighted by Crippen LogP contribution is 2.17. The molecule has 66 valence electrons. The first-order valence-corrected chi connectivity index (χ1v) is 4.78. The standard InChI is InChI=1S/C12H18/c1-5-11-8-9(3)7-10(4)12(11)6-2/h7-8H,5-6H2,1-4H3. The Kier molecular flexibility index (Phi) is 2.91. The summed E-state index contributed by atoms with van der Waals surface area (Å²) in [5, 5.41) is 0. The van der Waals surface area contributed by atoms with E-state index in [1.54, 1.807) is 5.56 Å². The molecule has 0 fully saturated rings. The third-order valence-corrected chi connectivity index (χ3v) is 2.44. The van der Waals surface area contributed by atoms with Gasteiger partial charge in [0.05, 0.1) is 0 Å². The quantitative estimate of drug-likeness (QED) is 0.625. The maximum atomic E-state index is 2.31. The van der Waals surface area contributed by atoms with Crippen molar-refractivity contribution in [3.63, 3.8) is 0 Å². The fourth-order valence-electron chi connectivity index (χ4n) is 1.91. The zero-order valence-electron chi connectivity index (χ0n) is 8.57. The Morgan fingerprint density at radius 3 is 2.17 bits per heavy atom. The number of rotatable bonds is 2. The van der Waals surface area contributed by atoms with E-state index in [1.165, 1.54) is 16.7 Å². The Hall–Kier alpha value is -0.780. The van der Waals surface area contributed by atoms with Crippen LogP contribution in [0.1, 0.15) is 36.1 Å². The van der Waals surface area contributed by atoms with E-state index in [2.05, 4.69) is 39.8 Å². The molecular weight excluding hydrogens is 144 g/mol. The van der Waals surface area contributed by atoms with Gasteiger partial charge in [0.2, 0.25) is 0 Å². The Morgan fingerprint density at radius 1 is 1.00 bits per heavy atom. The molecule has 0 heterocycles. The maximum absolute atomic E-state index is 2.31. The molecule has 0 unspecified atom stereocenters. The van der Waals surface area contributed by atoms with Crippen molar-refractivity contribution < 1.29 is 0 Å². The normalized spacial score (nSPS) is 10.3. The van der Waals surface area contributed by atoms with E-state index in [9.17, 15) is 0 Å². The Labute approximate surface area is 75.6 Å². The smallest absolute Gasteiger partial charge is 0.0302 e. The third kappa shape index (κ3) is 1.69. The maximum Gasteiger partial charge on any atom is -0.0302 e. The van der Waals surface area contributed by atoms with Crippen LogP contribution in [-0.4, -0.2) is 0 Å². The summed E-state index contributed by atoms with van der Waals surface area (Å²) in [5.74, 6) is 0. The van der Waals surface area contributed by atoms with Gasteiger partial charge in [-0.2, -0.15) is 0 Å². The van der Waals surface area contributed by atoms with Gasteiger partial charge >= 0.3 is 0 Å². The molecule has 0 heteroatoms. The molecule has 0 aliphatic rings. The summed E-state index contributed by atoms with van der Waals surface area (Å²) in [4.78, 5) is 0. The van der Waals surface area contributed by atoms with E-state index in [0.29, 0.717) is 0 Å². The van der Waals surface area contributed by atoms with Gasteiger partial charge in [0.15, 0.2) is 0 Å². The number of hydrogen-bond acceptors (Lipinski definition) is 0. The van der Waals surface area contributed by atoms with Crippen molar-refractivity contribution in [1.29, 1.82) is 0 Å². The van der Waals surface area contributed by atoms with Crippen molar-refractivity contribution in [2.24, 2.45) is 0 Å². The SMILES string of the molecule is CCc1cc(C)cc(C)c1CC. The van der Waals surface area contributed by atoms with Crippen molar-refractivity contribution in [1.82, 2.24) is 0 Å². The summed E-state index contributed by atoms with van der Waals surface area (Å²) in [6.07, 6.45) is 2.32. The molecule has 0 bridgehead atoms. The fraction of sp³-hybridized carbons (Fsp3) is 0.500. The molecule has 0 spiro atoms. The van der Waals surface area contributed by atoms with E-state index in [0.717, 1.165) is 12.8 Å². The van der Waals surface area contributed by atoms with Crippen LogP contribution in [0.4, 0.5) is 0 Å². The highest BCUT2D eigenvalue weighted by Gasteiger charge is 2.02. The number of benzene rings is 1. The second kappa shape index (κ2) is 3.75. The minimum Gasteiger partial charge on any atom is -0.0613 e. The Morgan fingerprint density at radius 2 is 1.67 bits per heavy atom. The summed E-state index contributed by atoms with van der Waals surface area (Å²) in [7, 11) is 0. The molecule has 1 aromatic rings. The predicted octanol–water partition coefficient (Wildman–Crippen LogP) is 3.43. The molecule has 0 amide bonds. The molecule has 0 aromatic heterocycles. The zero-order valence-corrected chi connectivity index (χ0v) is 8.57. The molecule has 0 aliphatic carbocycles. The molecule has 0 radical (unpaired) electrons. The first-order chi connectivity index (χ1) is 5.69. The van der Waals surface area contributed by atoms with Gasteiger partial charge in [-0.05, 0) is 43.4 Å². The lowest BCUT2D eigenvalue weighted by molar-refractivity contribution is 1.01. The lowest BCUT2D eigenvalue weighted by atomic mass is 9.96. The van der Waals surface area contributed by atoms with E-state index in [1.807, 2.05) is 0 Å². The predicted molar refractivity (Wildman–Crippen MR) is 54.7 cm³/mol. The van der Waals surface area contributed by atoms with Gasteiger partial charge in [0.1, 0.15) is 0 Å². The minimum absolute atomic E-state index is 1.16. The van der Waals surface area contributed by atoms with Crippen molar-refractivity contribution >= 4 is 0 Å². The summed E-state index contributed by atoms with van der Waals surface area (Å²) >= 11 is 0. The van der Waals surface area contributed by atoms with Crippen molar-refractivity contribution in [2.75, 3.05) is 0 Å². The lowest BCUT2D eigenvalue weighted by Crippen LogP contribution is -1.95. The van der Waals surface area contributed by atoms with Crippen LogP contribution >= 0.6 is 0 Å². The highest BCUT2D eigenvalue weighted by molar-refractivity contribution is 5.38. The number of aryl methyl sites for hydroxylation is 3. The van der Waals surface area contributed by atoms with E-state index >= 15 is 0 Å². The summed E-state index contributed by atoms with van der Waals surface area (Å²) in [5.41, 5.74) is 5.91. The molecule has 0 saturated heterocycles. The fourth-order valence-corrected chi connectivity index (χ4v) is 1.91. The van der Waals surface area contributed by atoms with Gasteiger partial charge in [-0.25, -0.2) is 0 Å². The average Bonchev–Trinajstić information content (AvgIpc) is 2.03. The Bertz CT molecular complexity index is 272. The van der Waals surface area contributed by atoms with Crippen LogP contribution in [-0.2, 0) is 12.8 Å². The Balaban J connectivity index is 3.24. The third-order valence-electron chi connectivity index (χ3n) is 2.44. The molecule has 1 aromatic carbocycles. The summed E-state index contributed by atoms with van der Waals surface area (Å²) in [6, 6.07) is 4.59. The highest BCUT2D eigenvalue weighted by atomic mass is 14.1. The molecule has 0 nitrogen and oxygen atoms in total. The van der Waals surface area contributed by atoms with Crippen molar-refractivity contribution in [3.05, 3.63) is 34.4 Å². The lowest BCUT2D eigenvalue weighted by Gasteiger charge is -2.10. The average molecular weight is 162 g/mol. The molecule has 0 atom stereocenters. The van der Waals surface area contributed by atoms with Gasteiger partial charge in [0, 0.05) is 0 Å². The molecule has 0 saturated carbocycles. The van der Waals surface area contributed by atoms with E-state index < -0.39 is 0 Å². The van der Waals surface area contributed by atoms with Crippen LogP contribution in [0.25, 0.3) is 0 Å². The monoisotopic (exact) mass is 162 g/mol. The van der Waals surface area contributed by atoms with Crippen LogP contribution in [0.2, 0.25) is 0 Å². The van der Waals surface area contributed by atoms with Crippen molar-refractivity contribution in [3.8, 4) is 0 Å². The van der Waals surface area contributed by atoms with Gasteiger partial charge in [-0.1, -0.05) is 31.5 Å². The summed E-state index contributed by atoms with van der Waals surface area (Å²) in [6.45, 7) is 8.85. The zero-order chi connectivity index (χ0) is 9.14. The summed E-state index contributed by atoms with van der Waals surface area (Å²) < 4.78 is 0. The first kappa shape index (κ1) is 9.31. The van der Waals surface area contributed by atoms with Crippen LogP contribution in [0, 0.1) is 13.8 Å². The van der Waals surface area contributed by atoms with Crippen LogP contribution in [0.15, 0.2) is 12.1 Å². The van der Waals surface area contributed by atoms with E-state index in [-0.39, 0.29) is 0 Å². The van der Waals surface area contributed by atoms with E-state index in [4.69, 9.17) is 0 Å². The van der Waals surface area contributed by atoms with Crippen LogP contribution < -0.4 is 0 Å². The largest absolute Gasteiger partial charge is 0.0613 e. The molecule has 1 rings (SSSR count). The molecule has 0 N–H and O–H groups in total. The molecule has 0 aliphatic heterocycles. The second-order valence-electron chi connectivity index (χ2n) is 3.43. The van der Waals surface area contributed by atoms with Crippen molar-refractivity contribution in [2.45, 2.75) is 40.5 Å². The molecule has 12 heavy (non-hydrogen) atoms. The van der Waals surface area contributed by atoms with Gasteiger partial charge in [-0.3, -0.25) is 0 Å². The minimum atomic E-state index is 1.16. The second-order valence-corrected chi connectivity index (χ2v) is 3.43. The van der Waals surface area contributed by atoms with Crippen LogP contribution in [0.5, 0.6) is 0 Å². The van der Waals surface area contributed by atoms with Gasteiger partial charge in [0.25, 0.3) is 0 Å². The number of hydrogen-bond donors (Lipinski definition) is 0. The first-order valence-electron chi connectivity index (χ1n) is 4.78.